The molecule has 1 unspecified atom stereocenters. The SMILES string of the molecule is CCCCCOc1cccc(C2C(=C(O)c3ccncc3)C(=O)C(=O)N2c2nc3ccc(C)cc3s2)c1. The highest BCUT2D eigenvalue weighted by Crippen LogP contribution is 2.44. The van der Waals surface area contributed by atoms with Crippen LogP contribution >= 0.6 is 11.3 Å². The summed E-state index contributed by atoms with van der Waals surface area (Å²) >= 11 is 1.34. The second-order valence-corrected chi connectivity index (χ2v) is 10.0. The molecule has 1 N–H and O–H groups in total. The Morgan fingerprint density at radius 3 is 2.68 bits per heavy atom. The van der Waals surface area contributed by atoms with Crippen LogP contribution in [0.3, 0.4) is 0 Å². The van der Waals surface area contributed by atoms with Crippen molar-refractivity contribution in [1.82, 2.24) is 9.97 Å². The topological polar surface area (TPSA) is 92.6 Å². The van der Waals surface area contributed by atoms with Crippen molar-refractivity contribution in [3.8, 4) is 5.75 Å². The number of aromatic nitrogens is 2. The number of nitrogens with zero attached hydrogens (tertiary/aromatic N) is 3. The van der Waals surface area contributed by atoms with Crippen molar-refractivity contribution in [1.29, 1.82) is 0 Å². The first-order valence-corrected chi connectivity index (χ1v) is 13.1. The summed E-state index contributed by atoms with van der Waals surface area (Å²) in [4.78, 5) is 36.9. The predicted molar refractivity (Wildman–Crippen MR) is 145 cm³/mol. The number of aliphatic hydroxyl groups is 1. The van der Waals surface area contributed by atoms with Crippen LogP contribution in [0.4, 0.5) is 5.13 Å². The van der Waals surface area contributed by atoms with Gasteiger partial charge in [0.1, 0.15) is 11.5 Å². The van der Waals surface area contributed by atoms with E-state index < -0.39 is 17.7 Å². The molecule has 1 fully saturated rings. The third-order valence-corrected chi connectivity index (χ3v) is 7.34. The van der Waals surface area contributed by atoms with Gasteiger partial charge in [-0.05, 0) is 60.9 Å². The summed E-state index contributed by atoms with van der Waals surface area (Å²) in [5, 5.41) is 11.7. The number of ketones is 1. The summed E-state index contributed by atoms with van der Waals surface area (Å²) < 4.78 is 6.87. The summed E-state index contributed by atoms with van der Waals surface area (Å²) in [6.45, 7) is 4.70. The first-order chi connectivity index (χ1) is 18.0. The normalized spacial score (nSPS) is 17.0. The Bertz CT molecular complexity index is 1500. The minimum atomic E-state index is -0.867. The number of aryl methyl sites for hydroxylation is 1. The number of benzene rings is 2. The van der Waals surface area contributed by atoms with E-state index in [-0.39, 0.29) is 11.3 Å². The summed E-state index contributed by atoms with van der Waals surface area (Å²) in [5.74, 6) is -1.10. The number of thiazole rings is 1. The molecule has 0 radical (unpaired) electrons. The molecule has 1 saturated heterocycles. The maximum absolute atomic E-state index is 13.5. The molecule has 1 atom stereocenters. The van der Waals surface area contributed by atoms with Crippen LogP contribution in [0.5, 0.6) is 5.75 Å². The molecular formula is C29H27N3O4S. The zero-order chi connectivity index (χ0) is 25.9. The van der Waals surface area contributed by atoms with E-state index in [0.29, 0.717) is 28.6 Å². The van der Waals surface area contributed by atoms with Crippen molar-refractivity contribution in [2.24, 2.45) is 0 Å². The fourth-order valence-electron chi connectivity index (χ4n) is 4.45. The van der Waals surface area contributed by atoms with Gasteiger partial charge in [-0.1, -0.05) is 49.3 Å². The molecule has 4 aromatic rings. The molecule has 3 heterocycles. The van der Waals surface area contributed by atoms with Crippen molar-refractivity contribution >= 4 is 44.1 Å². The summed E-state index contributed by atoms with van der Waals surface area (Å²) in [5.41, 5.74) is 2.89. The Labute approximate surface area is 219 Å². The first kappa shape index (κ1) is 24.6. The molecule has 1 amide bonds. The Hall–Kier alpha value is -4.04. The van der Waals surface area contributed by atoms with Gasteiger partial charge in [-0.25, -0.2) is 4.98 Å². The van der Waals surface area contributed by atoms with E-state index in [1.54, 1.807) is 12.1 Å². The summed E-state index contributed by atoms with van der Waals surface area (Å²) in [6, 6.07) is 15.5. The quantitative estimate of drug-likeness (QED) is 0.131. The fraction of sp³-hybridized carbons (Fsp3) is 0.241. The van der Waals surface area contributed by atoms with Gasteiger partial charge >= 0.3 is 5.91 Å². The largest absolute Gasteiger partial charge is 0.507 e. The highest BCUT2D eigenvalue weighted by atomic mass is 32.1. The molecule has 2 aromatic carbocycles. The number of anilines is 1. The van der Waals surface area contributed by atoms with Gasteiger partial charge in [0.15, 0.2) is 5.13 Å². The minimum Gasteiger partial charge on any atom is -0.507 e. The van der Waals surface area contributed by atoms with Crippen LogP contribution in [-0.2, 0) is 9.59 Å². The average molecular weight is 514 g/mol. The van der Waals surface area contributed by atoms with E-state index in [2.05, 4.69) is 16.9 Å². The number of hydrogen-bond acceptors (Lipinski definition) is 7. The van der Waals surface area contributed by atoms with Crippen LogP contribution in [0, 0.1) is 6.92 Å². The molecule has 188 valence electrons. The number of Topliss-reactive ketones (excluding diaryl/α,β-unsaturated/α-hetero) is 1. The fourth-order valence-corrected chi connectivity index (χ4v) is 5.54. The van der Waals surface area contributed by atoms with Crippen molar-refractivity contribution < 1.29 is 19.4 Å². The Balaban J connectivity index is 1.64. The Morgan fingerprint density at radius 1 is 1.08 bits per heavy atom. The van der Waals surface area contributed by atoms with Gasteiger partial charge in [0.2, 0.25) is 0 Å². The van der Waals surface area contributed by atoms with E-state index in [0.717, 1.165) is 35.0 Å². The molecule has 7 nitrogen and oxygen atoms in total. The van der Waals surface area contributed by atoms with Crippen molar-refractivity contribution in [2.75, 3.05) is 11.5 Å². The van der Waals surface area contributed by atoms with Gasteiger partial charge in [-0.15, -0.1) is 0 Å². The third kappa shape index (κ3) is 4.84. The molecule has 8 heteroatoms. The van der Waals surface area contributed by atoms with Crippen molar-refractivity contribution in [3.05, 3.63) is 89.3 Å². The van der Waals surface area contributed by atoms with E-state index >= 15 is 0 Å². The lowest BCUT2D eigenvalue weighted by Crippen LogP contribution is -2.29. The van der Waals surface area contributed by atoms with E-state index in [1.807, 2.05) is 49.4 Å². The first-order valence-electron chi connectivity index (χ1n) is 12.3. The monoisotopic (exact) mass is 513 g/mol. The smallest absolute Gasteiger partial charge is 0.301 e. The molecule has 2 aromatic heterocycles. The van der Waals surface area contributed by atoms with Crippen LogP contribution in [0.2, 0.25) is 0 Å². The van der Waals surface area contributed by atoms with Gasteiger partial charge in [-0.3, -0.25) is 19.5 Å². The van der Waals surface area contributed by atoms with Crippen LogP contribution in [0.15, 0.2) is 72.6 Å². The molecule has 1 aliphatic rings. The number of unbranched alkanes of at least 4 members (excludes halogenated alkanes) is 2. The maximum Gasteiger partial charge on any atom is 0.301 e. The maximum atomic E-state index is 13.5. The lowest BCUT2D eigenvalue weighted by atomic mass is 9.95. The molecule has 1 aliphatic heterocycles. The molecular weight excluding hydrogens is 486 g/mol. The van der Waals surface area contributed by atoms with E-state index in [9.17, 15) is 14.7 Å². The third-order valence-electron chi connectivity index (χ3n) is 6.33. The second-order valence-electron chi connectivity index (χ2n) is 9.00. The number of carbonyl (C=O) groups excluding carboxylic acids is 2. The number of rotatable bonds is 8. The van der Waals surface area contributed by atoms with Gasteiger partial charge in [0.05, 0.1) is 28.4 Å². The number of pyridine rings is 1. The van der Waals surface area contributed by atoms with Crippen LogP contribution < -0.4 is 9.64 Å². The van der Waals surface area contributed by atoms with Gasteiger partial charge in [0, 0.05) is 18.0 Å². The highest BCUT2D eigenvalue weighted by molar-refractivity contribution is 7.22. The Kier molecular flexibility index (Phi) is 7.01. The van der Waals surface area contributed by atoms with Crippen LogP contribution in [0.1, 0.15) is 48.9 Å². The number of hydrogen-bond donors (Lipinski definition) is 1. The van der Waals surface area contributed by atoms with Crippen LogP contribution in [-0.4, -0.2) is 33.4 Å². The van der Waals surface area contributed by atoms with Crippen LogP contribution in [0.25, 0.3) is 16.0 Å². The molecule has 0 aliphatic carbocycles. The number of aliphatic hydroxyl groups excluding tert-OH is 1. The highest BCUT2D eigenvalue weighted by Gasteiger charge is 2.48. The number of fused-ring (bicyclic) bond motifs is 1. The van der Waals surface area contributed by atoms with Crippen molar-refractivity contribution in [2.45, 2.75) is 39.2 Å². The lowest BCUT2D eigenvalue weighted by Gasteiger charge is -2.23. The second kappa shape index (κ2) is 10.5. The lowest BCUT2D eigenvalue weighted by molar-refractivity contribution is -0.132. The standard InChI is InChI=1S/C29H27N3O4S/c1-3-4-5-15-36-21-8-6-7-20(17-21)25-24(26(33)19-11-13-30-14-12-19)27(34)28(35)32(25)29-31-22-10-9-18(2)16-23(22)37-29/h6-14,16-17,25,33H,3-5,15H2,1-2H3. The van der Waals surface area contributed by atoms with Gasteiger partial charge in [-0.2, -0.15) is 0 Å². The zero-order valence-corrected chi connectivity index (χ0v) is 21.5. The zero-order valence-electron chi connectivity index (χ0n) is 20.7. The van der Waals surface area contributed by atoms with Crippen molar-refractivity contribution in [3.63, 3.8) is 0 Å². The predicted octanol–water partition coefficient (Wildman–Crippen LogP) is 6.20. The molecule has 37 heavy (non-hydrogen) atoms. The molecule has 5 rings (SSSR count). The molecule has 0 bridgehead atoms. The summed E-state index contributed by atoms with van der Waals surface area (Å²) in [7, 11) is 0. The Morgan fingerprint density at radius 2 is 1.89 bits per heavy atom. The van der Waals surface area contributed by atoms with Gasteiger partial charge < -0.3 is 9.84 Å². The number of ether oxygens (including phenoxy) is 1. The minimum absolute atomic E-state index is 0.00905. The summed E-state index contributed by atoms with van der Waals surface area (Å²) in [6.07, 6.45) is 6.16. The molecule has 0 saturated carbocycles. The average Bonchev–Trinajstić information content (AvgIpc) is 3.44. The van der Waals surface area contributed by atoms with Gasteiger partial charge in [0.25, 0.3) is 5.78 Å². The molecule has 0 spiro atoms. The number of carbonyl (C=O) groups is 2. The number of amides is 1. The van der Waals surface area contributed by atoms with E-state index in [4.69, 9.17) is 4.74 Å². The van der Waals surface area contributed by atoms with E-state index in [1.165, 1.54) is 28.6 Å².